The number of carbonyl (C=O) groups excluding carboxylic acids is 1. The number of thiazole rings is 1. The summed E-state index contributed by atoms with van der Waals surface area (Å²) in [6, 6.07) is 0. The molecule has 0 spiro atoms. The summed E-state index contributed by atoms with van der Waals surface area (Å²) in [4.78, 5) is 24.9. The third-order valence-corrected chi connectivity index (χ3v) is 3.84. The first-order valence-corrected chi connectivity index (χ1v) is 6.51. The molecule has 0 aliphatic rings. The number of amides is 1. The predicted molar refractivity (Wildman–Crippen MR) is 72.3 cm³/mol. The quantitative estimate of drug-likeness (QED) is 0.927. The maximum Gasteiger partial charge on any atom is 0.268 e. The van der Waals surface area contributed by atoms with E-state index in [1.54, 1.807) is 20.2 Å². The Morgan fingerprint density at radius 2 is 2.26 bits per heavy atom. The van der Waals surface area contributed by atoms with Crippen LogP contribution in [0.1, 0.15) is 33.4 Å². The lowest BCUT2D eigenvalue weighted by atomic mass is 10.3. The maximum atomic E-state index is 12.1. The van der Waals surface area contributed by atoms with Crippen LogP contribution < -0.4 is 5.32 Å². The Kier molecular flexibility index (Phi) is 4.18. The molecule has 1 amide bonds. The molecular weight excluding hydrogens is 264 g/mol. The van der Waals surface area contributed by atoms with Gasteiger partial charge in [0.2, 0.25) is 0 Å². The van der Waals surface area contributed by atoms with Gasteiger partial charge in [-0.2, -0.15) is 0 Å². The summed E-state index contributed by atoms with van der Waals surface area (Å²) in [5.74, 6) is 0.187. The predicted octanol–water partition coefficient (Wildman–Crippen LogP) is 2.20. The van der Waals surface area contributed by atoms with E-state index >= 15 is 0 Å². The average molecular weight is 278 g/mol. The van der Waals surface area contributed by atoms with Crippen LogP contribution in [0.5, 0.6) is 0 Å². The molecule has 6 nitrogen and oxygen atoms in total. The van der Waals surface area contributed by atoms with Crippen LogP contribution in [0, 0.1) is 6.92 Å². The summed E-state index contributed by atoms with van der Waals surface area (Å²) in [5, 5.41) is 3.47. The normalized spacial score (nSPS) is 12.2. The van der Waals surface area contributed by atoms with E-state index in [1.165, 1.54) is 23.7 Å². The van der Waals surface area contributed by atoms with Crippen molar-refractivity contribution in [1.29, 1.82) is 0 Å². The molecule has 0 saturated heterocycles. The molecule has 2 aromatic heterocycles. The van der Waals surface area contributed by atoms with Crippen LogP contribution in [-0.2, 0) is 4.74 Å². The highest BCUT2D eigenvalue weighted by Gasteiger charge is 2.18. The van der Waals surface area contributed by atoms with Crippen LogP contribution in [0.15, 0.2) is 18.6 Å². The number of ether oxygens (including phenoxy) is 1. The van der Waals surface area contributed by atoms with E-state index < -0.39 is 0 Å². The number of rotatable bonds is 4. The Morgan fingerprint density at radius 1 is 1.47 bits per heavy atom. The number of methoxy groups -OCH3 is 1. The van der Waals surface area contributed by atoms with E-state index in [1.807, 2.05) is 6.92 Å². The smallest absolute Gasteiger partial charge is 0.268 e. The van der Waals surface area contributed by atoms with Crippen molar-refractivity contribution in [2.45, 2.75) is 20.0 Å². The molecule has 2 aromatic rings. The van der Waals surface area contributed by atoms with Crippen molar-refractivity contribution >= 4 is 23.1 Å². The first kappa shape index (κ1) is 13.6. The van der Waals surface area contributed by atoms with Crippen LogP contribution in [-0.4, -0.2) is 28.0 Å². The highest BCUT2D eigenvalue weighted by atomic mass is 32.1. The molecule has 1 atom stereocenters. The number of carbonyl (C=O) groups is 1. The van der Waals surface area contributed by atoms with Crippen molar-refractivity contribution in [3.63, 3.8) is 0 Å². The van der Waals surface area contributed by atoms with Gasteiger partial charge in [0.05, 0.1) is 11.9 Å². The first-order chi connectivity index (χ1) is 9.11. The fourth-order valence-electron chi connectivity index (χ4n) is 1.44. The molecule has 2 rings (SSSR count). The van der Waals surface area contributed by atoms with Gasteiger partial charge in [-0.3, -0.25) is 9.78 Å². The fraction of sp³-hybridized carbons (Fsp3) is 0.333. The minimum absolute atomic E-state index is 0.123. The summed E-state index contributed by atoms with van der Waals surface area (Å²) in [5.41, 5.74) is 0.685. The van der Waals surface area contributed by atoms with Crippen LogP contribution >= 0.6 is 11.3 Å². The number of anilines is 1. The largest absolute Gasteiger partial charge is 0.375 e. The summed E-state index contributed by atoms with van der Waals surface area (Å²) < 4.78 is 5.20. The first-order valence-electron chi connectivity index (χ1n) is 5.69. The maximum absolute atomic E-state index is 12.1. The summed E-state index contributed by atoms with van der Waals surface area (Å²) in [6.45, 7) is 3.69. The van der Waals surface area contributed by atoms with Crippen molar-refractivity contribution in [2.75, 3.05) is 12.4 Å². The van der Waals surface area contributed by atoms with Gasteiger partial charge < -0.3 is 10.1 Å². The lowest BCUT2D eigenvalue weighted by molar-refractivity contribution is 0.102. The zero-order valence-electron chi connectivity index (χ0n) is 10.9. The van der Waals surface area contributed by atoms with Gasteiger partial charge in [0, 0.05) is 19.5 Å². The third kappa shape index (κ3) is 3.12. The number of nitrogens with one attached hydrogen (secondary N) is 1. The second-order valence-electron chi connectivity index (χ2n) is 3.89. The van der Waals surface area contributed by atoms with Gasteiger partial charge in [0.25, 0.3) is 5.91 Å². The van der Waals surface area contributed by atoms with Gasteiger partial charge in [-0.1, -0.05) is 0 Å². The Balaban J connectivity index is 2.18. The van der Waals surface area contributed by atoms with Crippen molar-refractivity contribution in [3.05, 3.63) is 34.2 Å². The van der Waals surface area contributed by atoms with Crippen LogP contribution in [0.25, 0.3) is 0 Å². The molecule has 0 saturated carbocycles. The second-order valence-corrected chi connectivity index (χ2v) is 4.92. The molecule has 100 valence electrons. The van der Waals surface area contributed by atoms with E-state index in [0.717, 1.165) is 5.01 Å². The molecule has 19 heavy (non-hydrogen) atoms. The lowest BCUT2D eigenvalue weighted by Gasteiger charge is -2.03. The molecule has 1 unspecified atom stereocenters. The van der Waals surface area contributed by atoms with E-state index in [4.69, 9.17) is 4.74 Å². The van der Waals surface area contributed by atoms with E-state index in [0.29, 0.717) is 16.4 Å². The van der Waals surface area contributed by atoms with Crippen LogP contribution in [0.2, 0.25) is 0 Å². The molecule has 0 fully saturated rings. The lowest BCUT2D eigenvalue weighted by Crippen LogP contribution is -2.12. The number of aromatic nitrogens is 3. The molecule has 0 aliphatic carbocycles. The monoisotopic (exact) mass is 278 g/mol. The Hall–Kier alpha value is -1.86. The summed E-state index contributed by atoms with van der Waals surface area (Å²) in [7, 11) is 1.61. The highest BCUT2D eigenvalue weighted by Crippen LogP contribution is 2.25. The van der Waals surface area contributed by atoms with Gasteiger partial charge in [-0.25, -0.2) is 9.97 Å². The standard InChI is InChI=1S/C12H14N4O2S/c1-7-10(19-12(15-7)8(2)18-3)11(17)16-9-6-13-4-5-14-9/h4-6,8H,1-3H3,(H,14,16,17). The summed E-state index contributed by atoms with van der Waals surface area (Å²) >= 11 is 1.32. The van der Waals surface area contributed by atoms with Crippen molar-refractivity contribution in [1.82, 2.24) is 15.0 Å². The molecule has 0 bridgehead atoms. The third-order valence-electron chi connectivity index (χ3n) is 2.53. The molecule has 0 aliphatic heterocycles. The Labute approximate surface area is 114 Å². The minimum Gasteiger partial charge on any atom is -0.375 e. The van der Waals surface area contributed by atoms with Crippen LogP contribution in [0.4, 0.5) is 5.82 Å². The molecule has 0 radical (unpaired) electrons. The highest BCUT2D eigenvalue weighted by molar-refractivity contribution is 7.14. The molecule has 7 heteroatoms. The topological polar surface area (TPSA) is 77.0 Å². The Morgan fingerprint density at radius 3 is 2.89 bits per heavy atom. The van der Waals surface area contributed by atoms with Gasteiger partial charge >= 0.3 is 0 Å². The van der Waals surface area contributed by atoms with Gasteiger partial charge in [0.15, 0.2) is 5.82 Å². The minimum atomic E-state index is -0.231. The average Bonchev–Trinajstić information content (AvgIpc) is 2.81. The number of hydrogen-bond donors (Lipinski definition) is 1. The zero-order valence-corrected chi connectivity index (χ0v) is 11.7. The number of aryl methyl sites for hydroxylation is 1. The van der Waals surface area contributed by atoms with Crippen molar-refractivity contribution in [3.8, 4) is 0 Å². The summed E-state index contributed by atoms with van der Waals surface area (Å²) in [6.07, 6.45) is 4.44. The zero-order chi connectivity index (χ0) is 13.8. The van der Waals surface area contributed by atoms with E-state index in [9.17, 15) is 4.79 Å². The van der Waals surface area contributed by atoms with Gasteiger partial charge in [0.1, 0.15) is 16.0 Å². The van der Waals surface area contributed by atoms with Crippen molar-refractivity contribution in [2.24, 2.45) is 0 Å². The molecule has 1 N–H and O–H groups in total. The fourth-order valence-corrected chi connectivity index (χ4v) is 2.43. The van der Waals surface area contributed by atoms with Crippen LogP contribution in [0.3, 0.4) is 0 Å². The number of nitrogens with zero attached hydrogens (tertiary/aromatic N) is 3. The number of hydrogen-bond acceptors (Lipinski definition) is 6. The van der Waals surface area contributed by atoms with E-state index in [2.05, 4.69) is 20.3 Å². The van der Waals surface area contributed by atoms with E-state index in [-0.39, 0.29) is 12.0 Å². The SMILES string of the molecule is COC(C)c1nc(C)c(C(=O)Nc2cnccn2)s1. The molecule has 0 aromatic carbocycles. The second kappa shape index (κ2) is 5.85. The molecule has 2 heterocycles. The Bertz CT molecular complexity index is 570. The van der Waals surface area contributed by atoms with Gasteiger partial charge in [-0.05, 0) is 13.8 Å². The molecular formula is C12H14N4O2S. The van der Waals surface area contributed by atoms with Gasteiger partial charge in [-0.15, -0.1) is 11.3 Å². The van der Waals surface area contributed by atoms with Crippen molar-refractivity contribution < 1.29 is 9.53 Å².